The van der Waals surface area contributed by atoms with Gasteiger partial charge in [0.15, 0.2) is 0 Å². The second kappa shape index (κ2) is 6.18. The van der Waals surface area contributed by atoms with Crippen LogP contribution < -0.4 is 4.74 Å². The molecule has 2 rings (SSSR count). The number of rotatable bonds is 4. The van der Waals surface area contributed by atoms with Gasteiger partial charge in [0, 0.05) is 5.56 Å². The van der Waals surface area contributed by atoms with E-state index in [4.69, 9.17) is 10.00 Å². The normalized spacial score (nSPS) is 11.7. The van der Waals surface area contributed by atoms with Gasteiger partial charge in [-0.2, -0.15) is 5.26 Å². The predicted molar refractivity (Wildman–Crippen MR) is 72.5 cm³/mol. The number of ether oxygens (including phenoxy) is 1. The van der Waals surface area contributed by atoms with E-state index in [1.54, 1.807) is 25.1 Å². The van der Waals surface area contributed by atoms with Crippen LogP contribution in [0.5, 0.6) is 5.75 Å². The first-order valence-corrected chi connectivity index (χ1v) is 6.19. The lowest BCUT2D eigenvalue weighted by molar-refractivity contribution is 0.189. The highest BCUT2D eigenvalue weighted by molar-refractivity contribution is 5.36. The lowest BCUT2D eigenvalue weighted by Crippen LogP contribution is -2.01. The molecule has 0 aliphatic heterocycles. The maximum absolute atomic E-state index is 13.2. The summed E-state index contributed by atoms with van der Waals surface area (Å²) in [5.41, 5.74) is 1.80. The molecule has 0 amide bonds. The number of benzene rings is 2. The van der Waals surface area contributed by atoms with Gasteiger partial charge in [-0.3, -0.25) is 0 Å². The average Bonchev–Trinajstić information content (AvgIpc) is 2.46. The van der Waals surface area contributed by atoms with E-state index in [0.717, 1.165) is 5.56 Å². The maximum Gasteiger partial charge on any atom is 0.125 e. The van der Waals surface area contributed by atoms with Crippen molar-refractivity contribution < 1.29 is 14.2 Å². The van der Waals surface area contributed by atoms with Gasteiger partial charge >= 0.3 is 0 Å². The zero-order valence-electron chi connectivity index (χ0n) is 11.0. The van der Waals surface area contributed by atoms with Crippen molar-refractivity contribution in [2.75, 3.05) is 0 Å². The Balaban J connectivity index is 2.16. The van der Waals surface area contributed by atoms with E-state index in [0.29, 0.717) is 16.9 Å². The van der Waals surface area contributed by atoms with Crippen LogP contribution in [0.4, 0.5) is 4.39 Å². The molecule has 20 heavy (non-hydrogen) atoms. The third-order valence-electron chi connectivity index (χ3n) is 2.87. The molecule has 1 unspecified atom stereocenters. The number of hydrogen-bond donors (Lipinski definition) is 1. The Labute approximate surface area is 116 Å². The van der Waals surface area contributed by atoms with Gasteiger partial charge in [-0.05, 0) is 42.8 Å². The lowest BCUT2D eigenvalue weighted by atomic mass is 10.1. The first-order chi connectivity index (χ1) is 9.60. The molecule has 0 aromatic heterocycles. The van der Waals surface area contributed by atoms with E-state index < -0.39 is 11.9 Å². The van der Waals surface area contributed by atoms with Crippen molar-refractivity contribution in [2.45, 2.75) is 19.6 Å². The zero-order chi connectivity index (χ0) is 14.5. The van der Waals surface area contributed by atoms with E-state index in [2.05, 4.69) is 6.07 Å². The standard InChI is InChI=1S/C16H14FNO2/c1-11(19)15-8-14(17)5-6-16(15)20-10-13-4-2-3-12(7-13)9-18/h2-8,11,19H,10H2,1H3. The van der Waals surface area contributed by atoms with E-state index in [1.807, 2.05) is 6.07 Å². The van der Waals surface area contributed by atoms with Crippen molar-refractivity contribution in [1.82, 2.24) is 0 Å². The predicted octanol–water partition coefficient (Wildman–Crippen LogP) is 3.33. The molecular formula is C16H14FNO2. The van der Waals surface area contributed by atoms with Crippen molar-refractivity contribution in [3.8, 4) is 11.8 Å². The molecule has 0 saturated heterocycles. The number of nitriles is 1. The summed E-state index contributed by atoms with van der Waals surface area (Å²) >= 11 is 0. The van der Waals surface area contributed by atoms with Crippen LogP contribution in [0.1, 0.15) is 29.7 Å². The second-order valence-electron chi connectivity index (χ2n) is 4.46. The fraction of sp³-hybridized carbons (Fsp3) is 0.188. The third-order valence-corrected chi connectivity index (χ3v) is 2.87. The quantitative estimate of drug-likeness (QED) is 0.928. The number of hydrogen-bond acceptors (Lipinski definition) is 3. The minimum Gasteiger partial charge on any atom is -0.489 e. The fourth-order valence-corrected chi connectivity index (χ4v) is 1.87. The smallest absolute Gasteiger partial charge is 0.125 e. The van der Waals surface area contributed by atoms with Gasteiger partial charge in [-0.15, -0.1) is 0 Å². The monoisotopic (exact) mass is 271 g/mol. The van der Waals surface area contributed by atoms with Crippen LogP contribution in [-0.2, 0) is 6.61 Å². The molecule has 3 nitrogen and oxygen atoms in total. The number of aliphatic hydroxyl groups excluding tert-OH is 1. The molecule has 0 heterocycles. The average molecular weight is 271 g/mol. The molecule has 4 heteroatoms. The number of nitrogens with zero attached hydrogens (tertiary/aromatic N) is 1. The van der Waals surface area contributed by atoms with Gasteiger partial charge in [0.2, 0.25) is 0 Å². The summed E-state index contributed by atoms with van der Waals surface area (Å²) in [5, 5.41) is 18.4. The molecular weight excluding hydrogens is 257 g/mol. The highest BCUT2D eigenvalue weighted by Gasteiger charge is 2.10. The summed E-state index contributed by atoms with van der Waals surface area (Å²) in [6, 6.07) is 13.1. The molecule has 0 aliphatic rings. The minimum absolute atomic E-state index is 0.251. The fourth-order valence-electron chi connectivity index (χ4n) is 1.87. The van der Waals surface area contributed by atoms with Gasteiger partial charge in [-0.1, -0.05) is 12.1 Å². The lowest BCUT2D eigenvalue weighted by Gasteiger charge is -2.13. The summed E-state index contributed by atoms with van der Waals surface area (Å²) in [6.45, 7) is 1.80. The molecule has 2 aromatic rings. The molecule has 2 aromatic carbocycles. The molecule has 0 aliphatic carbocycles. The molecule has 1 N–H and O–H groups in total. The van der Waals surface area contributed by atoms with Crippen molar-refractivity contribution in [1.29, 1.82) is 5.26 Å². The van der Waals surface area contributed by atoms with Crippen LogP contribution in [0, 0.1) is 17.1 Å². The van der Waals surface area contributed by atoms with Crippen LogP contribution >= 0.6 is 0 Å². The first-order valence-electron chi connectivity index (χ1n) is 6.19. The van der Waals surface area contributed by atoms with Crippen LogP contribution in [0.25, 0.3) is 0 Å². The Morgan fingerprint density at radius 1 is 1.30 bits per heavy atom. The van der Waals surface area contributed by atoms with Crippen molar-refractivity contribution in [2.24, 2.45) is 0 Å². The largest absolute Gasteiger partial charge is 0.489 e. The molecule has 0 spiro atoms. The van der Waals surface area contributed by atoms with Crippen molar-refractivity contribution in [3.05, 3.63) is 65.0 Å². The van der Waals surface area contributed by atoms with E-state index in [-0.39, 0.29) is 6.61 Å². The van der Waals surface area contributed by atoms with Crippen LogP contribution in [0.15, 0.2) is 42.5 Å². The van der Waals surface area contributed by atoms with Crippen LogP contribution in [0.3, 0.4) is 0 Å². The van der Waals surface area contributed by atoms with Crippen LogP contribution in [0.2, 0.25) is 0 Å². The van der Waals surface area contributed by atoms with Crippen molar-refractivity contribution in [3.63, 3.8) is 0 Å². The Hall–Kier alpha value is -2.38. The Kier molecular flexibility index (Phi) is 4.34. The van der Waals surface area contributed by atoms with E-state index in [1.165, 1.54) is 18.2 Å². The maximum atomic E-state index is 13.2. The summed E-state index contributed by atoms with van der Waals surface area (Å²) < 4.78 is 18.8. The number of halogens is 1. The Morgan fingerprint density at radius 2 is 2.10 bits per heavy atom. The minimum atomic E-state index is -0.814. The summed E-state index contributed by atoms with van der Waals surface area (Å²) in [5.74, 6) is 0.0171. The van der Waals surface area contributed by atoms with Gasteiger partial charge in [0.1, 0.15) is 18.2 Å². The van der Waals surface area contributed by atoms with Gasteiger partial charge in [-0.25, -0.2) is 4.39 Å². The molecule has 0 radical (unpaired) electrons. The molecule has 102 valence electrons. The SMILES string of the molecule is CC(O)c1cc(F)ccc1OCc1cccc(C#N)c1. The van der Waals surface area contributed by atoms with Gasteiger partial charge in [0.05, 0.1) is 17.7 Å². The summed E-state index contributed by atoms with van der Waals surface area (Å²) in [6.07, 6.45) is -0.814. The number of aliphatic hydroxyl groups is 1. The summed E-state index contributed by atoms with van der Waals surface area (Å²) in [4.78, 5) is 0. The topological polar surface area (TPSA) is 53.2 Å². The van der Waals surface area contributed by atoms with E-state index in [9.17, 15) is 9.50 Å². The highest BCUT2D eigenvalue weighted by atomic mass is 19.1. The van der Waals surface area contributed by atoms with E-state index >= 15 is 0 Å². The van der Waals surface area contributed by atoms with Crippen LogP contribution in [-0.4, -0.2) is 5.11 Å². The van der Waals surface area contributed by atoms with Gasteiger partial charge < -0.3 is 9.84 Å². The van der Waals surface area contributed by atoms with Crippen molar-refractivity contribution >= 4 is 0 Å². The Bertz CT molecular complexity index is 647. The molecule has 1 atom stereocenters. The summed E-state index contributed by atoms with van der Waals surface area (Å²) in [7, 11) is 0. The molecule has 0 saturated carbocycles. The molecule has 0 bridgehead atoms. The van der Waals surface area contributed by atoms with Gasteiger partial charge in [0.25, 0.3) is 0 Å². The molecule has 0 fully saturated rings. The zero-order valence-corrected chi connectivity index (χ0v) is 11.0. The second-order valence-corrected chi connectivity index (χ2v) is 4.46. The Morgan fingerprint density at radius 3 is 2.80 bits per heavy atom. The highest BCUT2D eigenvalue weighted by Crippen LogP contribution is 2.26. The first kappa shape index (κ1) is 14.0. The third kappa shape index (κ3) is 3.34.